The Bertz CT molecular complexity index is 940. The Labute approximate surface area is 155 Å². The molecule has 0 amide bonds. The van der Waals surface area contributed by atoms with Crippen LogP contribution in [0.2, 0.25) is 0 Å². The van der Waals surface area contributed by atoms with Crippen LogP contribution in [0.3, 0.4) is 0 Å². The first-order chi connectivity index (χ1) is 12.7. The van der Waals surface area contributed by atoms with E-state index in [2.05, 4.69) is 53.1 Å². The van der Waals surface area contributed by atoms with Gasteiger partial charge in [-0.25, -0.2) is 0 Å². The van der Waals surface area contributed by atoms with Crippen LogP contribution in [0.15, 0.2) is 78.3 Å². The molecule has 0 bridgehead atoms. The number of hydrogen-bond acceptors (Lipinski definition) is 3. The Balaban J connectivity index is 1.87. The summed E-state index contributed by atoms with van der Waals surface area (Å²) in [7, 11) is 0. The van der Waals surface area contributed by atoms with Crippen LogP contribution in [-0.4, -0.2) is 15.7 Å². The molecule has 0 aliphatic heterocycles. The van der Waals surface area contributed by atoms with Gasteiger partial charge < -0.3 is 0 Å². The zero-order valence-corrected chi connectivity index (χ0v) is 15.5. The summed E-state index contributed by atoms with van der Waals surface area (Å²) in [6, 6.07) is 16.5. The van der Waals surface area contributed by atoms with E-state index >= 15 is 0 Å². The highest BCUT2D eigenvalue weighted by Crippen LogP contribution is 2.20. The Kier molecular flexibility index (Phi) is 5.69. The van der Waals surface area contributed by atoms with Gasteiger partial charge in [-0.2, -0.15) is 0 Å². The van der Waals surface area contributed by atoms with Gasteiger partial charge in [0.1, 0.15) is 0 Å². The van der Waals surface area contributed by atoms with Gasteiger partial charge in [-0.15, -0.1) is 0 Å². The zero-order valence-electron chi connectivity index (χ0n) is 15.5. The number of nitrogens with zero attached hydrogens (tertiary/aromatic N) is 3. The molecule has 0 N–H and O–H groups in total. The predicted molar refractivity (Wildman–Crippen MR) is 109 cm³/mol. The van der Waals surface area contributed by atoms with Crippen LogP contribution in [0.4, 0.5) is 0 Å². The topological polar surface area (TPSA) is 38.1 Å². The quantitative estimate of drug-likeness (QED) is 0.568. The molecule has 2 heterocycles. The Hall–Kier alpha value is -3.07. The molecule has 0 fully saturated rings. The summed E-state index contributed by atoms with van der Waals surface area (Å²) in [5.74, 6) is 0. The van der Waals surface area contributed by atoms with Crippen molar-refractivity contribution in [1.29, 1.82) is 0 Å². The number of rotatable bonds is 5. The van der Waals surface area contributed by atoms with Crippen LogP contribution in [0.1, 0.15) is 37.6 Å². The molecule has 3 aromatic rings. The van der Waals surface area contributed by atoms with Gasteiger partial charge >= 0.3 is 0 Å². The highest BCUT2D eigenvalue weighted by Gasteiger charge is 2.04. The molecule has 0 saturated heterocycles. The number of aryl methyl sites for hydroxylation is 1. The molecule has 0 unspecified atom stereocenters. The molecular weight excluding hydrogens is 318 g/mol. The van der Waals surface area contributed by atoms with E-state index in [9.17, 15) is 0 Å². The van der Waals surface area contributed by atoms with Crippen molar-refractivity contribution in [2.45, 2.75) is 27.2 Å². The minimum Gasteiger partial charge on any atom is -0.264 e. The standard InChI is InChI=1S/C23H23N3/c1-4-19-12-22(16-24-15-19)21-10-11-25-23(13-21)18(3)26-14-17(2)20-8-6-5-7-9-20/h5-16H,4H2,1-3H3/b17-14+,26-18+. The second kappa shape index (κ2) is 8.34. The third-order valence-corrected chi connectivity index (χ3v) is 4.35. The number of allylic oxidation sites excluding steroid dienone is 1. The lowest BCUT2D eigenvalue weighted by molar-refractivity contribution is 1.10. The molecule has 0 aliphatic rings. The van der Waals surface area contributed by atoms with Crippen LogP contribution in [0.5, 0.6) is 0 Å². The van der Waals surface area contributed by atoms with Gasteiger partial charge in [-0.1, -0.05) is 37.3 Å². The summed E-state index contributed by atoms with van der Waals surface area (Å²) in [6.07, 6.45) is 8.51. The fraction of sp³-hybridized carbons (Fsp3) is 0.174. The van der Waals surface area contributed by atoms with Gasteiger partial charge in [0.15, 0.2) is 0 Å². The van der Waals surface area contributed by atoms with Crippen molar-refractivity contribution in [3.8, 4) is 11.1 Å². The van der Waals surface area contributed by atoms with E-state index in [-0.39, 0.29) is 0 Å². The Morgan fingerprint density at radius 1 is 1.00 bits per heavy atom. The molecule has 3 nitrogen and oxygen atoms in total. The Morgan fingerprint density at radius 3 is 2.58 bits per heavy atom. The van der Waals surface area contributed by atoms with Crippen molar-refractivity contribution >= 4 is 11.3 Å². The average molecular weight is 341 g/mol. The maximum atomic E-state index is 4.62. The fourth-order valence-corrected chi connectivity index (χ4v) is 2.68. The number of hydrogen-bond donors (Lipinski definition) is 0. The largest absolute Gasteiger partial charge is 0.264 e. The van der Waals surface area contributed by atoms with E-state index in [1.54, 1.807) is 0 Å². The molecule has 0 saturated carbocycles. The van der Waals surface area contributed by atoms with Crippen LogP contribution >= 0.6 is 0 Å². The third kappa shape index (κ3) is 4.31. The zero-order chi connectivity index (χ0) is 18.4. The fourth-order valence-electron chi connectivity index (χ4n) is 2.68. The maximum absolute atomic E-state index is 4.62. The van der Waals surface area contributed by atoms with Gasteiger partial charge in [-0.3, -0.25) is 15.0 Å². The summed E-state index contributed by atoms with van der Waals surface area (Å²) in [4.78, 5) is 13.4. The molecule has 0 spiro atoms. The second-order valence-corrected chi connectivity index (χ2v) is 6.26. The number of aromatic nitrogens is 2. The lowest BCUT2D eigenvalue weighted by Crippen LogP contribution is -1.98. The number of aliphatic imine (C=N–C) groups is 1. The normalized spacial score (nSPS) is 12.3. The first-order valence-electron chi connectivity index (χ1n) is 8.84. The number of pyridine rings is 2. The van der Waals surface area contributed by atoms with Gasteiger partial charge in [0, 0.05) is 30.4 Å². The monoisotopic (exact) mass is 341 g/mol. The van der Waals surface area contributed by atoms with E-state index in [1.807, 2.05) is 56.0 Å². The average Bonchev–Trinajstić information content (AvgIpc) is 2.72. The van der Waals surface area contributed by atoms with Crippen molar-refractivity contribution in [2.24, 2.45) is 4.99 Å². The second-order valence-electron chi connectivity index (χ2n) is 6.26. The highest BCUT2D eigenvalue weighted by atomic mass is 14.8. The first-order valence-corrected chi connectivity index (χ1v) is 8.84. The molecule has 0 aliphatic carbocycles. The van der Waals surface area contributed by atoms with E-state index in [1.165, 1.54) is 11.1 Å². The predicted octanol–water partition coefficient (Wildman–Crippen LogP) is 5.58. The third-order valence-electron chi connectivity index (χ3n) is 4.35. The van der Waals surface area contributed by atoms with Crippen molar-refractivity contribution < 1.29 is 0 Å². The molecule has 130 valence electrons. The molecule has 3 rings (SSSR count). The van der Waals surface area contributed by atoms with Gasteiger partial charge in [0.2, 0.25) is 0 Å². The summed E-state index contributed by atoms with van der Waals surface area (Å²) in [6.45, 7) is 6.19. The van der Waals surface area contributed by atoms with Crippen molar-refractivity contribution in [1.82, 2.24) is 9.97 Å². The van der Waals surface area contributed by atoms with Crippen molar-refractivity contribution in [3.05, 3.63) is 90.1 Å². The van der Waals surface area contributed by atoms with E-state index in [0.29, 0.717) is 0 Å². The van der Waals surface area contributed by atoms with Crippen LogP contribution in [-0.2, 0) is 6.42 Å². The summed E-state index contributed by atoms with van der Waals surface area (Å²) in [5.41, 5.74) is 7.51. The SMILES string of the molecule is CCc1cncc(-c2ccnc(/C(C)=N/C=C(\C)c3ccccc3)c2)c1. The maximum Gasteiger partial charge on any atom is 0.0847 e. The van der Waals surface area contributed by atoms with Crippen LogP contribution in [0.25, 0.3) is 16.7 Å². The lowest BCUT2D eigenvalue weighted by Gasteiger charge is -2.06. The van der Waals surface area contributed by atoms with E-state index in [4.69, 9.17) is 0 Å². The van der Waals surface area contributed by atoms with Crippen molar-refractivity contribution in [3.63, 3.8) is 0 Å². The molecule has 3 heteroatoms. The molecule has 0 radical (unpaired) electrons. The van der Waals surface area contributed by atoms with E-state index < -0.39 is 0 Å². The smallest absolute Gasteiger partial charge is 0.0847 e. The molecule has 1 aromatic carbocycles. The minimum atomic E-state index is 0.876. The van der Waals surface area contributed by atoms with Gasteiger partial charge in [-0.05, 0) is 60.7 Å². The Morgan fingerprint density at radius 2 is 1.81 bits per heavy atom. The summed E-state index contributed by atoms with van der Waals surface area (Å²) < 4.78 is 0. The van der Waals surface area contributed by atoms with Crippen LogP contribution in [0, 0.1) is 0 Å². The minimum absolute atomic E-state index is 0.876. The number of benzene rings is 1. The van der Waals surface area contributed by atoms with Gasteiger partial charge in [0.25, 0.3) is 0 Å². The molecule has 26 heavy (non-hydrogen) atoms. The van der Waals surface area contributed by atoms with Crippen LogP contribution < -0.4 is 0 Å². The van der Waals surface area contributed by atoms with Gasteiger partial charge in [0.05, 0.1) is 11.4 Å². The summed E-state index contributed by atoms with van der Waals surface area (Å²) >= 11 is 0. The first kappa shape index (κ1) is 17.7. The molecular formula is C23H23N3. The van der Waals surface area contributed by atoms with Crippen molar-refractivity contribution in [2.75, 3.05) is 0 Å². The highest BCUT2D eigenvalue weighted by molar-refractivity contribution is 5.98. The lowest BCUT2D eigenvalue weighted by atomic mass is 10.0. The molecule has 0 atom stereocenters. The summed E-state index contributed by atoms with van der Waals surface area (Å²) in [5, 5.41) is 0. The molecule has 2 aromatic heterocycles. The van der Waals surface area contributed by atoms with E-state index in [0.717, 1.165) is 34.5 Å².